The van der Waals surface area contributed by atoms with Gasteiger partial charge in [0.1, 0.15) is 0 Å². The van der Waals surface area contributed by atoms with Crippen LogP contribution in [-0.4, -0.2) is 26.3 Å². The van der Waals surface area contributed by atoms with Crippen LogP contribution in [0.15, 0.2) is 0 Å². The van der Waals surface area contributed by atoms with E-state index in [1.165, 1.54) is 0 Å². The molecule has 4 nitrogen and oxygen atoms in total. The van der Waals surface area contributed by atoms with Gasteiger partial charge in [0.15, 0.2) is 5.85 Å². The molecule has 4 heteroatoms. The fraction of sp³-hybridized carbons (Fsp3) is 1.00. The highest BCUT2D eigenvalue weighted by atomic mass is 16.5. The van der Waals surface area contributed by atoms with E-state index in [0.717, 1.165) is 19.8 Å². The Morgan fingerprint density at radius 1 is 1.40 bits per heavy atom. The summed E-state index contributed by atoms with van der Waals surface area (Å²) in [6.45, 7) is 3.68. The van der Waals surface area contributed by atoms with Crippen LogP contribution >= 0.6 is 0 Å². The predicted molar refractivity (Wildman–Crippen MR) is 39.2 cm³/mol. The van der Waals surface area contributed by atoms with Crippen LogP contribution in [0.2, 0.25) is 0 Å². The first-order valence-corrected chi connectivity index (χ1v) is 3.59. The second-order valence-corrected chi connectivity index (χ2v) is 2.34. The zero-order chi connectivity index (χ0) is 7.45. The first kappa shape index (κ1) is 7.94. The maximum Gasteiger partial charge on any atom is 0.175 e. The van der Waals surface area contributed by atoms with E-state index in [4.69, 9.17) is 4.74 Å². The summed E-state index contributed by atoms with van der Waals surface area (Å²) in [5.41, 5.74) is 0. The first-order valence-electron chi connectivity index (χ1n) is 3.59. The number of hydrogen-bond acceptors (Lipinski definition) is 4. The maximum atomic E-state index is 5.27. The Balaban J connectivity index is 2.44. The average Bonchev–Trinajstić information content (AvgIpc) is 2.06. The van der Waals surface area contributed by atoms with Crippen molar-refractivity contribution in [1.82, 2.24) is 16.0 Å². The third-order valence-corrected chi connectivity index (χ3v) is 1.84. The molecule has 0 saturated carbocycles. The summed E-state index contributed by atoms with van der Waals surface area (Å²) >= 11 is 0. The standard InChI is InChI=1S/C6H15N3O/c1-3-6(10-2)8-4-7-5-9-6/h7-9H,3-5H2,1-2H3. The van der Waals surface area contributed by atoms with E-state index in [9.17, 15) is 0 Å². The minimum Gasteiger partial charge on any atom is -0.350 e. The van der Waals surface area contributed by atoms with Crippen molar-refractivity contribution < 1.29 is 4.74 Å². The lowest BCUT2D eigenvalue weighted by molar-refractivity contribution is -0.0855. The zero-order valence-electron chi connectivity index (χ0n) is 6.53. The summed E-state index contributed by atoms with van der Waals surface area (Å²) in [6.07, 6.45) is 0.922. The van der Waals surface area contributed by atoms with Crippen molar-refractivity contribution in [3.05, 3.63) is 0 Å². The van der Waals surface area contributed by atoms with Crippen LogP contribution in [0.3, 0.4) is 0 Å². The molecule has 0 aromatic rings. The quantitative estimate of drug-likeness (QED) is 0.485. The minimum atomic E-state index is -0.300. The number of rotatable bonds is 2. The maximum absolute atomic E-state index is 5.27. The summed E-state index contributed by atoms with van der Waals surface area (Å²) in [5.74, 6) is -0.300. The highest BCUT2D eigenvalue weighted by Crippen LogP contribution is 2.06. The Morgan fingerprint density at radius 2 is 2.00 bits per heavy atom. The molecule has 1 heterocycles. The molecule has 10 heavy (non-hydrogen) atoms. The van der Waals surface area contributed by atoms with Gasteiger partial charge in [-0.25, -0.2) is 0 Å². The van der Waals surface area contributed by atoms with Crippen molar-refractivity contribution in [2.24, 2.45) is 0 Å². The molecule has 1 aliphatic heterocycles. The number of nitrogens with one attached hydrogen (secondary N) is 3. The molecule has 0 aromatic carbocycles. The molecule has 0 spiro atoms. The van der Waals surface area contributed by atoms with Crippen molar-refractivity contribution in [1.29, 1.82) is 0 Å². The van der Waals surface area contributed by atoms with Crippen molar-refractivity contribution >= 4 is 0 Å². The van der Waals surface area contributed by atoms with Crippen molar-refractivity contribution in [3.8, 4) is 0 Å². The number of ether oxygens (including phenoxy) is 1. The summed E-state index contributed by atoms with van der Waals surface area (Å²) in [7, 11) is 1.70. The van der Waals surface area contributed by atoms with Gasteiger partial charge in [0, 0.05) is 13.5 Å². The van der Waals surface area contributed by atoms with Crippen LogP contribution in [0.5, 0.6) is 0 Å². The lowest BCUT2D eigenvalue weighted by atomic mass is 10.3. The van der Waals surface area contributed by atoms with Gasteiger partial charge in [-0.05, 0) is 0 Å². The lowest BCUT2D eigenvalue weighted by Crippen LogP contribution is -2.66. The van der Waals surface area contributed by atoms with E-state index in [1.807, 2.05) is 0 Å². The Hall–Kier alpha value is -0.160. The second kappa shape index (κ2) is 3.30. The molecule has 0 atom stereocenters. The van der Waals surface area contributed by atoms with Gasteiger partial charge < -0.3 is 4.74 Å². The highest BCUT2D eigenvalue weighted by molar-refractivity contribution is 4.75. The van der Waals surface area contributed by atoms with Gasteiger partial charge in [0.2, 0.25) is 0 Å². The van der Waals surface area contributed by atoms with Gasteiger partial charge in [-0.2, -0.15) is 0 Å². The van der Waals surface area contributed by atoms with Crippen LogP contribution in [-0.2, 0) is 4.74 Å². The first-order chi connectivity index (χ1) is 4.83. The summed E-state index contributed by atoms with van der Waals surface area (Å²) in [5, 5.41) is 9.48. The third-order valence-electron chi connectivity index (χ3n) is 1.84. The molecule has 1 rings (SSSR count). The van der Waals surface area contributed by atoms with Gasteiger partial charge in [-0.15, -0.1) is 0 Å². The molecule has 1 fully saturated rings. The molecule has 0 aliphatic carbocycles. The van der Waals surface area contributed by atoms with Crippen LogP contribution < -0.4 is 16.0 Å². The van der Waals surface area contributed by atoms with Crippen LogP contribution in [0.25, 0.3) is 0 Å². The van der Waals surface area contributed by atoms with Gasteiger partial charge in [0.25, 0.3) is 0 Å². The highest BCUT2D eigenvalue weighted by Gasteiger charge is 2.27. The van der Waals surface area contributed by atoms with E-state index >= 15 is 0 Å². The Kier molecular flexibility index (Phi) is 2.62. The SMILES string of the molecule is CCC1(OC)NCNCN1. The molecule has 60 valence electrons. The molecule has 1 aliphatic rings. The molecule has 3 N–H and O–H groups in total. The van der Waals surface area contributed by atoms with Crippen molar-refractivity contribution in [3.63, 3.8) is 0 Å². The fourth-order valence-electron chi connectivity index (χ4n) is 1.07. The minimum absolute atomic E-state index is 0.300. The summed E-state index contributed by atoms with van der Waals surface area (Å²) < 4.78 is 5.27. The van der Waals surface area contributed by atoms with Gasteiger partial charge in [0.05, 0.1) is 13.3 Å². The summed E-state index contributed by atoms with van der Waals surface area (Å²) in [6, 6.07) is 0. The molecule has 0 amide bonds. The Morgan fingerprint density at radius 3 is 2.30 bits per heavy atom. The van der Waals surface area contributed by atoms with Crippen molar-refractivity contribution in [2.75, 3.05) is 20.4 Å². The number of hydrogen-bond donors (Lipinski definition) is 3. The summed E-state index contributed by atoms with van der Waals surface area (Å²) in [4.78, 5) is 0. The van der Waals surface area contributed by atoms with Gasteiger partial charge in [-0.3, -0.25) is 16.0 Å². The van der Waals surface area contributed by atoms with Crippen LogP contribution in [0.1, 0.15) is 13.3 Å². The van der Waals surface area contributed by atoms with E-state index in [1.54, 1.807) is 7.11 Å². The monoisotopic (exact) mass is 145 g/mol. The third kappa shape index (κ3) is 1.46. The van der Waals surface area contributed by atoms with Gasteiger partial charge in [-0.1, -0.05) is 6.92 Å². The molecule has 0 unspecified atom stereocenters. The molecule has 0 bridgehead atoms. The molecule has 0 aromatic heterocycles. The molecular formula is C6H15N3O. The van der Waals surface area contributed by atoms with Gasteiger partial charge >= 0.3 is 0 Å². The number of methoxy groups -OCH3 is 1. The second-order valence-electron chi connectivity index (χ2n) is 2.34. The van der Waals surface area contributed by atoms with E-state index in [-0.39, 0.29) is 5.85 Å². The predicted octanol–water partition coefficient (Wildman–Crippen LogP) is -0.606. The normalized spacial score (nSPS) is 24.6. The smallest absolute Gasteiger partial charge is 0.175 e. The fourth-order valence-corrected chi connectivity index (χ4v) is 1.07. The van der Waals surface area contributed by atoms with Crippen LogP contribution in [0.4, 0.5) is 0 Å². The van der Waals surface area contributed by atoms with E-state index in [2.05, 4.69) is 22.9 Å². The average molecular weight is 145 g/mol. The topological polar surface area (TPSA) is 45.3 Å². The molecule has 1 saturated heterocycles. The largest absolute Gasteiger partial charge is 0.350 e. The van der Waals surface area contributed by atoms with E-state index < -0.39 is 0 Å². The van der Waals surface area contributed by atoms with Crippen LogP contribution in [0, 0.1) is 0 Å². The Bertz CT molecular complexity index is 95.2. The van der Waals surface area contributed by atoms with E-state index in [0.29, 0.717) is 0 Å². The molecule has 0 radical (unpaired) electrons. The zero-order valence-corrected chi connectivity index (χ0v) is 6.53. The Labute approximate surface area is 61.3 Å². The molecular weight excluding hydrogens is 130 g/mol. The lowest BCUT2D eigenvalue weighted by Gasteiger charge is -2.37. The van der Waals surface area contributed by atoms with Crippen molar-refractivity contribution in [2.45, 2.75) is 19.2 Å².